The van der Waals surface area contributed by atoms with Gasteiger partial charge in [-0.3, -0.25) is 0 Å². The normalized spacial score (nSPS) is 10.8. The van der Waals surface area contributed by atoms with Crippen LogP contribution in [0.25, 0.3) is 20.0 Å². The van der Waals surface area contributed by atoms with E-state index in [2.05, 4.69) is 84.4 Å². The molecule has 0 saturated carbocycles. The summed E-state index contributed by atoms with van der Waals surface area (Å²) in [7, 11) is 0. The molecule has 0 fully saturated rings. The third-order valence-corrected chi connectivity index (χ3v) is 7.14. The van der Waals surface area contributed by atoms with E-state index < -0.39 is 0 Å². The molecule has 0 amide bonds. The van der Waals surface area contributed by atoms with Gasteiger partial charge in [-0.05, 0) is 0 Å². The average Bonchev–Trinajstić information content (AvgIpc) is 2.82. The van der Waals surface area contributed by atoms with Crippen LogP contribution in [0.3, 0.4) is 0 Å². The van der Waals surface area contributed by atoms with Gasteiger partial charge in [-0.25, -0.2) is 0 Å². The van der Waals surface area contributed by atoms with Gasteiger partial charge in [-0.2, -0.15) is 0 Å². The van der Waals surface area contributed by atoms with Gasteiger partial charge in [0.25, 0.3) is 0 Å². The van der Waals surface area contributed by atoms with Crippen LogP contribution < -0.4 is 0 Å². The minimum atomic E-state index is 0.364. The number of aryl methyl sites for hydroxylation is 2. The van der Waals surface area contributed by atoms with Gasteiger partial charge in [-0.1, -0.05) is 0 Å². The fourth-order valence-corrected chi connectivity index (χ4v) is 5.58. The summed E-state index contributed by atoms with van der Waals surface area (Å²) in [6.45, 7) is 4.26. The summed E-state index contributed by atoms with van der Waals surface area (Å²) in [6.07, 6.45) is 0. The van der Waals surface area contributed by atoms with E-state index in [4.69, 9.17) is 0 Å². The summed E-state index contributed by atoms with van der Waals surface area (Å²) >= 11 is 4.10. The van der Waals surface area contributed by atoms with Crippen molar-refractivity contribution < 1.29 is 0 Å². The van der Waals surface area contributed by atoms with Crippen LogP contribution in [-0.4, -0.2) is 14.5 Å². The molecule has 0 aliphatic carbocycles. The Bertz CT molecular complexity index is 721. The molecule has 0 radical (unpaired) electrons. The topological polar surface area (TPSA) is 0 Å². The van der Waals surface area contributed by atoms with Gasteiger partial charge in [0.2, 0.25) is 0 Å². The van der Waals surface area contributed by atoms with E-state index in [0.717, 1.165) is 0 Å². The Kier molecular flexibility index (Phi) is 3.98. The molecule has 0 bridgehead atoms. The first kappa shape index (κ1) is 13.9. The molecule has 3 rings (SSSR count). The van der Waals surface area contributed by atoms with Crippen LogP contribution in [0.15, 0.2) is 59.1 Å². The summed E-state index contributed by atoms with van der Waals surface area (Å²) in [5.74, 6) is 0. The van der Waals surface area contributed by atoms with Crippen LogP contribution >= 0.6 is 15.9 Å². The predicted octanol–water partition coefficient (Wildman–Crippen LogP) is 5.46. The first-order chi connectivity index (χ1) is 9.63. The average molecular weight is 390 g/mol. The quantitative estimate of drug-likeness (QED) is 0.510. The van der Waals surface area contributed by atoms with Gasteiger partial charge in [0.15, 0.2) is 0 Å². The summed E-state index contributed by atoms with van der Waals surface area (Å²) in [4.78, 5) is 0. The zero-order chi connectivity index (χ0) is 14.1. The van der Waals surface area contributed by atoms with Gasteiger partial charge in [0.1, 0.15) is 0 Å². The van der Waals surface area contributed by atoms with E-state index >= 15 is 0 Å². The number of hydrogen-bond acceptors (Lipinski definition) is 0. The molecule has 20 heavy (non-hydrogen) atoms. The van der Waals surface area contributed by atoms with Gasteiger partial charge >= 0.3 is 134 Å². The van der Waals surface area contributed by atoms with Crippen LogP contribution in [0.5, 0.6) is 0 Å². The molecule has 0 aliphatic rings. The van der Waals surface area contributed by atoms with Gasteiger partial charge in [-0.15, -0.1) is 0 Å². The molecule has 0 atom stereocenters. The number of rotatable bonds is 2. The molecular formula is C18H15BrSe. The summed E-state index contributed by atoms with van der Waals surface area (Å²) in [5, 5.41) is 0. The minimum absolute atomic E-state index is 0.364. The van der Waals surface area contributed by atoms with Crippen molar-refractivity contribution in [2.45, 2.75) is 13.8 Å². The molecule has 0 saturated heterocycles. The molecular weight excluding hydrogens is 375 g/mol. The Morgan fingerprint density at radius 3 is 1.80 bits per heavy atom. The Labute approximate surface area is 134 Å². The van der Waals surface area contributed by atoms with Crippen LogP contribution in [0.2, 0.25) is 0 Å². The van der Waals surface area contributed by atoms with Crippen LogP contribution in [0, 0.1) is 13.8 Å². The van der Waals surface area contributed by atoms with Crippen molar-refractivity contribution in [3.05, 3.63) is 70.2 Å². The predicted molar refractivity (Wildman–Crippen MR) is 91.4 cm³/mol. The Morgan fingerprint density at radius 2 is 1.25 bits per heavy atom. The molecule has 1 aromatic heterocycles. The summed E-state index contributed by atoms with van der Waals surface area (Å²) < 4.78 is 4.12. The summed E-state index contributed by atoms with van der Waals surface area (Å²) in [6, 6.07) is 19.9. The molecule has 1 heterocycles. The molecule has 2 heteroatoms. The fourth-order valence-electron chi connectivity index (χ4n) is 2.13. The maximum atomic E-state index is 3.73. The van der Waals surface area contributed by atoms with Crippen molar-refractivity contribution in [1.29, 1.82) is 0 Å². The maximum absolute atomic E-state index is 3.73. The number of halogens is 1. The standard InChI is InChI=1S/C18H15BrSe/c1-12-3-7-14(8-4-12)17-11-16(19)18(20-17)15-9-5-13(2)6-10-15/h3-11H,1-2H3. The monoisotopic (exact) mass is 390 g/mol. The third-order valence-electron chi connectivity index (χ3n) is 3.34. The molecule has 0 unspecified atom stereocenters. The Morgan fingerprint density at radius 1 is 0.750 bits per heavy atom. The Balaban J connectivity index is 2.02. The van der Waals surface area contributed by atoms with E-state index in [1.54, 1.807) is 0 Å². The molecule has 0 spiro atoms. The molecule has 0 N–H and O–H groups in total. The first-order valence-electron chi connectivity index (χ1n) is 6.57. The van der Waals surface area contributed by atoms with Crippen molar-refractivity contribution in [3.63, 3.8) is 0 Å². The van der Waals surface area contributed by atoms with Crippen LogP contribution in [0.1, 0.15) is 11.1 Å². The second-order valence-corrected chi connectivity index (χ2v) is 8.08. The second-order valence-electron chi connectivity index (χ2n) is 5.02. The first-order valence-corrected chi connectivity index (χ1v) is 9.07. The molecule has 2 aromatic carbocycles. The van der Waals surface area contributed by atoms with Crippen molar-refractivity contribution in [3.8, 4) is 20.0 Å². The van der Waals surface area contributed by atoms with Crippen molar-refractivity contribution in [2.24, 2.45) is 0 Å². The zero-order valence-electron chi connectivity index (χ0n) is 11.5. The molecule has 3 aromatic rings. The molecule has 0 aliphatic heterocycles. The molecule has 100 valence electrons. The SMILES string of the molecule is Cc1ccc(-c2cc(Br)c(-c3ccc(C)cc3)[se]2)cc1. The molecule has 0 nitrogen and oxygen atoms in total. The van der Waals surface area contributed by atoms with Crippen molar-refractivity contribution in [1.82, 2.24) is 0 Å². The second kappa shape index (κ2) is 5.73. The van der Waals surface area contributed by atoms with E-state index in [1.807, 2.05) is 0 Å². The van der Waals surface area contributed by atoms with Gasteiger partial charge in [0.05, 0.1) is 0 Å². The fraction of sp³-hybridized carbons (Fsp3) is 0.111. The number of benzene rings is 2. The van der Waals surface area contributed by atoms with Crippen LogP contribution in [-0.2, 0) is 0 Å². The summed E-state index contributed by atoms with van der Waals surface area (Å²) in [5.41, 5.74) is 5.30. The zero-order valence-corrected chi connectivity index (χ0v) is 14.8. The van der Waals surface area contributed by atoms with E-state index in [9.17, 15) is 0 Å². The third kappa shape index (κ3) is 2.83. The van der Waals surface area contributed by atoms with E-state index in [0.29, 0.717) is 14.5 Å². The number of hydrogen-bond donors (Lipinski definition) is 0. The van der Waals surface area contributed by atoms with Crippen LogP contribution in [0.4, 0.5) is 0 Å². The van der Waals surface area contributed by atoms with Gasteiger partial charge < -0.3 is 0 Å². The van der Waals surface area contributed by atoms with E-state index in [-0.39, 0.29) is 0 Å². The van der Waals surface area contributed by atoms with Crippen molar-refractivity contribution in [2.75, 3.05) is 0 Å². The van der Waals surface area contributed by atoms with Crippen molar-refractivity contribution >= 4 is 30.4 Å². The van der Waals surface area contributed by atoms with Gasteiger partial charge in [0, 0.05) is 0 Å². The van der Waals surface area contributed by atoms with E-state index in [1.165, 1.54) is 35.6 Å². The Hall–Kier alpha value is -1.08.